The van der Waals surface area contributed by atoms with Crippen molar-refractivity contribution in [2.24, 2.45) is 45.9 Å². The van der Waals surface area contributed by atoms with Crippen molar-refractivity contribution in [1.29, 1.82) is 21.6 Å². The lowest BCUT2D eigenvalue weighted by molar-refractivity contribution is -0.142. The molecule has 4 aromatic rings. The largest absolute Gasteiger partial charge is 0.508 e. The van der Waals surface area contributed by atoms with Gasteiger partial charge in [-0.3, -0.25) is 79.2 Å². The molecule has 134 heavy (non-hydrogen) atoms. The molecule has 0 unspecified atom stereocenters. The van der Waals surface area contributed by atoms with E-state index in [-0.39, 0.29) is 197 Å². The number of rotatable bonds is 60. The predicted octanol–water partition coefficient (Wildman–Crippen LogP) is -6.05. The monoisotopic (exact) mass is 1910 g/mol. The van der Waals surface area contributed by atoms with E-state index >= 15 is 24.0 Å². The van der Waals surface area contributed by atoms with E-state index in [2.05, 4.69) is 116 Å². The Morgan fingerprint density at radius 2 is 0.679 bits per heavy atom. The van der Waals surface area contributed by atoms with Crippen LogP contribution >= 0.6 is 25.3 Å². The van der Waals surface area contributed by atoms with Gasteiger partial charge in [-0.15, -0.1) is 0 Å². The predicted molar refractivity (Wildman–Crippen MR) is 504 cm³/mol. The van der Waals surface area contributed by atoms with Crippen LogP contribution in [0.3, 0.4) is 0 Å². The van der Waals surface area contributed by atoms with Crippen molar-refractivity contribution < 1.29 is 87.2 Å². The Morgan fingerprint density at radius 1 is 0.366 bits per heavy atom. The number of fused-ring (bicyclic) bond motifs is 1. The highest BCUT2D eigenvalue weighted by Gasteiger charge is 2.42. The van der Waals surface area contributed by atoms with Crippen molar-refractivity contribution in [1.82, 2.24) is 95.3 Å². The van der Waals surface area contributed by atoms with E-state index in [1.165, 1.54) is 53.4 Å². The molecular formula is C84H130N30O18S2. The number of hydrogen-bond donors (Lipinski definition) is 34. The van der Waals surface area contributed by atoms with Gasteiger partial charge in [0.15, 0.2) is 23.8 Å². The number of nitrogens with one attached hydrogen (secondary N) is 21. The summed E-state index contributed by atoms with van der Waals surface area (Å²) < 4.78 is 0. The van der Waals surface area contributed by atoms with Crippen LogP contribution in [0.2, 0.25) is 0 Å². The molecule has 0 aromatic heterocycles. The number of primary amides is 2. The van der Waals surface area contributed by atoms with E-state index in [0.717, 1.165) is 10.8 Å². The fourth-order valence-corrected chi connectivity index (χ4v) is 14.8. The first-order chi connectivity index (χ1) is 63.8. The van der Waals surface area contributed by atoms with E-state index in [9.17, 15) is 63.3 Å². The molecule has 40 N–H and O–H groups in total. The molecule has 0 spiro atoms. The molecule has 16 amide bonds. The van der Waals surface area contributed by atoms with Crippen LogP contribution < -0.4 is 136 Å². The van der Waals surface area contributed by atoms with Gasteiger partial charge in [0.2, 0.25) is 70.9 Å². The Kier molecular flexibility index (Phi) is 48.5. The van der Waals surface area contributed by atoms with Gasteiger partial charge in [0.05, 0.1) is 6.04 Å². The number of hydrogen-bond acceptors (Lipinski definition) is 25. The van der Waals surface area contributed by atoms with Gasteiger partial charge in [0.1, 0.15) is 84.0 Å². The molecule has 0 saturated carbocycles. The second-order valence-electron chi connectivity index (χ2n) is 31.9. The second kappa shape index (κ2) is 58.8. The summed E-state index contributed by atoms with van der Waals surface area (Å²) in [5.74, 6) is -15.3. The minimum absolute atomic E-state index is 0.00989. The number of carbonyl (C=O) groups excluding carboxylic acids is 14. The van der Waals surface area contributed by atoms with E-state index in [1.54, 1.807) is 24.3 Å². The summed E-state index contributed by atoms with van der Waals surface area (Å²) in [6.07, 6.45) is -0.615. The van der Waals surface area contributed by atoms with Crippen LogP contribution in [0.4, 0.5) is 9.59 Å². The zero-order chi connectivity index (χ0) is 98.9. The van der Waals surface area contributed by atoms with E-state index in [4.69, 9.17) is 67.5 Å². The highest BCUT2D eigenvalue weighted by Crippen LogP contribution is 2.24. The van der Waals surface area contributed by atoms with Gasteiger partial charge in [0.25, 0.3) is 0 Å². The number of carbonyl (C=O) groups is 15. The summed E-state index contributed by atoms with van der Waals surface area (Å²) in [6, 6.07) is 2.37. The van der Waals surface area contributed by atoms with Gasteiger partial charge >= 0.3 is 18.0 Å². The van der Waals surface area contributed by atoms with Crippen LogP contribution in [0, 0.1) is 21.6 Å². The van der Waals surface area contributed by atoms with Crippen LogP contribution in [-0.2, 0) is 81.6 Å². The van der Waals surface area contributed by atoms with Gasteiger partial charge < -0.3 is 156 Å². The minimum Gasteiger partial charge on any atom is -0.508 e. The minimum atomic E-state index is -1.65. The maximum absolute atomic E-state index is 15.4. The zero-order valence-electron chi connectivity index (χ0n) is 74.3. The molecule has 1 heterocycles. The maximum atomic E-state index is 15.4. The smallest absolute Gasteiger partial charge is 0.326 e. The van der Waals surface area contributed by atoms with Gasteiger partial charge in [-0.1, -0.05) is 66.7 Å². The molecule has 1 aliphatic rings. The summed E-state index contributed by atoms with van der Waals surface area (Å²) in [5, 5.41) is 107. The number of amides is 16. The van der Waals surface area contributed by atoms with Crippen molar-refractivity contribution in [2.45, 2.75) is 207 Å². The number of thiol groups is 2. The number of urea groups is 2. The van der Waals surface area contributed by atoms with Crippen molar-refractivity contribution in [2.75, 3.05) is 63.9 Å². The molecule has 50 heteroatoms. The van der Waals surface area contributed by atoms with Crippen LogP contribution in [0.25, 0.3) is 10.8 Å². The molecule has 5 rings (SSSR count). The van der Waals surface area contributed by atoms with Crippen LogP contribution in [-0.4, -0.2) is 275 Å². The van der Waals surface area contributed by atoms with Crippen molar-refractivity contribution >= 4 is 149 Å². The molecule has 0 radical (unpaired) electrons. The van der Waals surface area contributed by atoms with Crippen molar-refractivity contribution in [3.63, 3.8) is 0 Å². The fourth-order valence-electron chi connectivity index (χ4n) is 14.2. The lowest BCUT2D eigenvalue weighted by Gasteiger charge is -2.31. The number of aromatic hydroxyl groups is 2. The summed E-state index contributed by atoms with van der Waals surface area (Å²) in [5.41, 5.74) is 46.0. The average Bonchev–Trinajstić information content (AvgIpc) is 1.57. The number of nitrogens with zero attached hydrogens (tertiary/aromatic N) is 1. The number of aliphatic carboxylic acids is 1. The van der Waals surface area contributed by atoms with Crippen LogP contribution in [0.15, 0.2) is 91.0 Å². The number of phenols is 2. The normalized spacial score (nSPS) is 14.8. The third-order valence-electron chi connectivity index (χ3n) is 21.3. The highest BCUT2D eigenvalue weighted by molar-refractivity contribution is 7.80. The SMILES string of the molecule is N=C(N)NCCC[C@H](NC(=O)[C@H](CS)NC(=O)[C@H](CCCNC(N)=O)NC(=O)[C@H](CCCNC(=N)N)NC(=O)[C@H](Cc1ccc(O)cc1)NC(=O)[C@@H]1CCCN1C(=O)[C@H](CCCCN)NC(=O)[C@H](CCCNC(N)=O)NC(=O)[C@H](Cc1ccc(O)cc1)NC(=O)[C@H](CS)NC(=O)[C@H](Cc1ccc2ccccc2c1)NC(=O)[C@H](CCCNC(=N)N)NC(=O)[C@@H](N)CCCNC(=N)N)C(=O)O. The lowest BCUT2D eigenvalue weighted by Crippen LogP contribution is -2.61. The molecule has 0 aliphatic carbocycles. The number of unbranched alkanes of at least 4 members (excludes halogenated alkanes) is 1. The second-order valence-corrected chi connectivity index (χ2v) is 32.6. The first-order valence-corrected chi connectivity index (χ1v) is 45.0. The topological polar surface area (TPSA) is 828 Å². The molecule has 4 aromatic carbocycles. The Morgan fingerprint density at radius 3 is 1.07 bits per heavy atom. The van der Waals surface area contributed by atoms with Crippen LogP contribution in [0.1, 0.15) is 126 Å². The third kappa shape index (κ3) is 40.8. The van der Waals surface area contributed by atoms with Gasteiger partial charge in [0, 0.05) is 76.6 Å². The first-order valence-electron chi connectivity index (χ1n) is 43.8. The van der Waals surface area contributed by atoms with E-state index in [1.807, 2.05) is 18.2 Å². The molecule has 48 nitrogen and oxygen atoms in total. The first kappa shape index (κ1) is 111. The summed E-state index contributed by atoms with van der Waals surface area (Å²) >= 11 is 8.67. The Hall–Kier alpha value is -13.9. The number of likely N-dealkylation sites (tertiary alicyclic amines) is 1. The zero-order valence-corrected chi connectivity index (χ0v) is 76.1. The van der Waals surface area contributed by atoms with E-state index in [0.29, 0.717) is 29.5 Å². The average molecular weight is 1910 g/mol. The summed E-state index contributed by atoms with van der Waals surface area (Å²) in [4.78, 5) is 214. The molecule has 1 fully saturated rings. The number of benzene rings is 4. The summed E-state index contributed by atoms with van der Waals surface area (Å²) in [6.45, 7) is 0.142. The van der Waals surface area contributed by atoms with Crippen molar-refractivity contribution in [3.05, 3.63) is 108 Å². The quantitative estimate of drug-likeness (QED) is 0.00847. The van der Waals surface area contributed by atoms with E-state index < -0.39 is 185 Å². The standard InChI is InChI=1S/C84H130N30O18S2/c85-32-4-3-15-58(77(128)114-39-11-21-65(114)76(127)111-61(42-47-25-30-52(116)31-26-47)72(123)105-55(17-7-35-99-81(91)92)67(118)104-57(19-9-38-102-84(96)132)70(121)112-63(44-133)74(125)108-59(78(129)130)20-10-36-100-82(93)94)107-68(119)56(18-8-37-101-83(95)131)106-71(122)60(41-46-23-28-51(115)29-24-46)110-75(126)64(45-134)113-73(124)62(43-48-22-27-49-12-1-2-13-50(49)40-48)109-69(120)54(16-6-34-98-80(89)90)103-66(117)53(86)14-5-33-97-79(87)88/h1-2,12-13,22-31,40,53-65,115-116,133-134H,3-11,14-21,32-39,41-45,85-86H2,(H,103,117)(H,104,118)(H,105,123)(H,106,122)(H,107,119)(H,108,125)(H,109,120)(H,110,126)(H,111,127)(H,112,121)(H,113,124)(H,129,130)(H4,87,88,97)(H4,89,90,98)(H4,91,92,99)(H4,93,94,100)(H3,95,101,131)(H3,96,102,132)/t53-,54-,55-,56-,57-,58-,59-,60-,61-,62-,63-,64-,65-/m0/s1. The Bertz CT molecular complexity index is 4660. The molecule has 0 bridgehead atoms. The number of nitrogens with two attached hydrogens (primary N) is 8. The fraction of sp³-hybridized carbons (Fsp3) is 0.512. The Labute approximate surface area is 785 Å². The summed E-state index contributed by atoms with van der Waals surface area (Å²) in [7, 11) is 0. The van der Waals surface area contributed by atoms with Gasteiger partial charge in [-0.25, -0.2) is 14.4 Å². The number of carboxylic acid groups (broad SMARTS) is 1. The lowest BCUT2D eigenvalue weighted by atomic mass is 10.00. The van der Waals surface area contributed by atoms with Gasteiger partial charge in [-0.05, 0) is 167 Å². The molecule has 1 saturated heterocycles. The van der Waals surface area contributed by atoms with Crippen molar-refractivity contribution in [3.8, 4) is 11.5 Å². The molecule has 1 aliphatic heterocycles. The highest BCUT2D eigenvalue weighted by atomic mass is 32.1. The van der Waals surface area contributed by atoms with Gasteiger partial charge in [-0.2, -0.15) is 25.3 Å². The number of carboxylic acids is 1. The third-order valence-corrected chi connectivity index (χ3v) is 22.0. The number of guanidine groups is 4. The molecule has 13 atom stereocenters. The number of phenolic OH excluding ortho intramolecular Hbond substituents is 2. The van der Waals surface area contributed by atoms with Crippen LogP contribution in [0.5, 0.6) is 11.5 Å². The Balaban J connectivity index is 1.47. The molecular weight excluding hydrogens is 1780 g/mol. The molecule has 736 valence electrons. The maximum Gasteiger partial charge on any atom is 0.326 e.